The summed E-state index contributed by atoms with van der Waals surface area (Å²) in [5, 5.41) is 0. The van der Waals surface area contributed by atoms with Crippen molar-refractivity contribution in [3.8, 4) is 0 Å². The molecule has 1 aliphatic rings. The molecule has 0 fully saturated rings. The first kappa shape index (κ1) is 7.19. The van der Waals surface area contributed by atoms with Gasteiger partial charge in [0, 0.05) is 6.42 Å². The predicted octanol–water partition coefficient (Wildman–Crippen LogP) is 1.99. The van der Waals surface area contributed by atoms with Crippen LogP contribution in [0.1, 0.15) is 19.8 Å². The van der Waals surface area contributed by atoms with Crippen molar-refractivity contribution in [2.45, 2.75) is 19.8 Å². The van der Waals surface area contributed by atoms with E-state index >= 15 is 0 Å². The highest BCUT2D eigenvalue weighted by atomic mass is 16.5. The summed E-state index contributed by atoms with van der Waals surface area (Å²) in [7, 11) is 0. The normalized spacial score (nSPS) is 15.9. The maximum atomic E-state index is 5.26. The van der Waals surface area contributed by atoms with Gasteiger partial charge in [0.2, 0.25) is 6.26 Å². The van der Waals surface area contributed by atoms with Crippen LogP contribution >= 0.6 is 0 Å². The molecule has 0 aromatic rings. The summed E-state index contributed by atoms with van der Waals surface area (Å²) < 4.78 is 10.0. The van der Waals surface area contributed by atoms with Gasteiger partial charge < -0.3 is 9.47 Å². The lowest BCUT2D eigenvalue weighted by atomic mass is 10.3. The van der Waals surface area contributed by atoms with Crippen LogP contribution in [0.5, 0.6) is 0 Å². The predicted molar refractivity (Wildman–Crippen MR) is 37.8 cm³/mol. The lowest BCUT2D eigenvalue weighted by Crippen LogP contribution is -1.96. The Morgan fingerprint density at radius 1 is 1.80 bits per heavy atom. The van der Waals surface area contributed by atoms with E-state index in [2.05, 4.69) is 13.2 Å². The fraction of sp³-hybridized carbons (Fsp3) is 0.500. The van der Waals surface area contributed by atoms with Gasteiger partial charge in [-0.2, -0.15) is 0 Å². The summed E-state index contributed by atoms with van der Waals surface area (Å²) >= 11 is 0. The van der Waals surface area contributed by atoms with Crippen LogP contribution in [-0.4, -0.2) is 6.61 Å². The molecule has 0 aromatic heterocycles. The van der Waals surface area contributed by atoms with E-state index in [1.165, 1.54) is 0 Å². The Hall–Kier alpha value is -0.920. The number of ether oxygens (including phenoxy) is 2. The fourth-order valence-electron chi connectivity index (χ4n) is 0.658. The minimum absolute atomic E-state index is 0.750. The molecule has 0 unspecified atom stereocenters. The molecule has 0 amide bonds. The van der Waals surface area contributed by atoms with E-state index in [-0.39, 0.29) is 0 Å². The van der Waals surface area contributed by atoms with Gasteiger partial charge in [-0.3, -0.25) is 0 Å². The van der Waals surface area contributed by atoms with E-state index in [1.54, 1.807) is 6.26 Å². The molecular formula is C8H11O2. The van der Waals surface area contributed by atoms with Crippen LogP contribution in [0.25, 0.3) is 0 Å². The monoisotopic (exact) mass is 139 g/mol. The van der Waals surface area contributed by atoms with E-state index in [0.717, 1.165) is 25.2 Å². The summed E-state index contributed by atoms with van der Waals surface area (Å²) in [6.07, 6.45) is 8.00. The van der Waals surface area contributed by atoms with Gasteiger partial charge in [-0.1, -0.05) is 6.92 Å². The van der Waals surface area contributed by atoms with Gasteiger partial charge in [-0.25, -0.2) is 0 Å². The summed E-state index contributed by atoms with van der Waals surface area (Å²) in [6, 6.07) is 0. The third-order valence-corrected chi connectivity index (χ3v) is 1.12. The second-order valence-corrected chi connectivity index (χ2v) is 2.07. The van der Waals surface area contributed by atoms with Gasteiger partial charge in [0.1, 0.15) is 5.76 Å². The first-order chi connectivity index (χ1) is 4.93. The molecule has 55 valence electrons. The van der Waals surface area contributed by atoms with Crippen LogP contribution in [0.4, 0.5) is 0 Å². The molecule has 0 N–H and O–H groups in total. The molecule has 1 aliphatic heterocycles. The Morgan fingerprint density at radius 2 is 2.70 bits per heavy atom. The quantitative estimate of drug-likeness (QED) is 0.595. The standard InChI is InChI=1S/C8H11O2/c1-2-5-10-8-4-3-6-9-7-8/h3,6H,2,4-5H2,1H3. The maximum Gasteiger partial charge on any atom is 0.210 e. The SMILES string of the molecule is CCCOC1=[C]OC=CC1. The van der Waals surface area contributed by atoms with Crippen molar-refractivity contribution in [1.82, 2.24) is 0 Å². The van der Waals surface area contributed by atoms with E-state index in [0.29, 0.717) is 0 Å². The first-order valence-corrected chi connectivity index (χ1v) is 3.48. The van der Waals surface area contributed by atoms with E-state index < -0.39 is 0 Å². The van der Waals surface area contributed by atoms with Crippen LogP contribution in [0.15, 0.2) is 18.1 Å². The Balaban J connectivity index is 2.21. The Kier molecular flexibility index (Phi) is 2.87. The van der Waals surface area contributed by atoms with Crippen LogP contribution in [0, 0.1) is 6.26 Å². The third-order valence-electron chi connectivity index (χ3n) is 1.12. The number of rotatable bonds is 3. The Morgan fingerprint density at radius 3 is 3.30 bits per heavy atom. The zero-order valence-corrected chi connectivity index (χ0v) is 6.09. The van der Waals surface area contributed by atoms with Crippen molar-refractivity contribution in [1.29, 1.82) is 0 Å². The number of allylic oxidation sites excluding steroid dienone is 1. The molecule has 0 aliphatic carbocycles. The van der Waals surface area contributed by atoms with E-state index in [4.69, 9.17) is 9.47 Å². The molecule has 2 nitrogen and oxygen atoms in total. The van der Waals surface area contributed by atoms with Crippen molar-refractivity contribution < 1.29 is 9.47 Å². The molecule has 10 heavy (non-hydrogen) atoms. The van der Waals surface area contributed by atoms with E-state index in [9.17, 15) is 0 Å². The van der Waals surface area contributed by atoms with Gasteiger partial charge in [-0.05, 0) is 12.5 Å². The third kappa shape index (κ3) is 2.13. The van der Waals surface area contributed by atoms with Crippen molar-refractivity contribution in [3.63, 3.8) is 0 Å². The van der Waals surface area contributed by atoms with Gasteiger partial charge >= 0.3 is 0 Å². The molecule has 2 heteroatoms. The minimum Gasteiger partial charge on any atom is -0.494 e. The van der Waals surface area contributed by atoms with E-state index in [1.807, 2.05) is 6.08 Å². The largest absolute Gasteiger partial charge is 0.494 e. The molecule has 0 saturated heterocycles. The lowest BCUT2D eigenvalue weighted by Gasteiger charge is -2.08. The summed E-state index contributed by atoms with van der Waals surface area (Å²) in [6.45, 7) is 2.82. The maximum absolute atomic E-state index is 5.26. The van der Waals surface area contributed by atoms with Crippen molar-refractivity contribution in [3.05, 3.63) is 24.4 Å². The summed E-state index contributed by atoms with van der Waals surface area (Å²) in [4.78, 5) is 0. The molecule has 0 saturated carbocycles. The molecule has 0 atom stereocenters. The second kappa shape index (κ2) is 3.99. The topological polar surface area (TPSA) is 18.5 Å². The minimum atomic E-state index is 0.750. The average Bonchev–Trinajstić information content (AvgIpc) is 2.03. The molecule has 0 bridgehead atoms. The van der Waals surface area contributed by atoms with Crippen LogP contribution in [-0.2, 0) is 9.47 Å². The molecule has 1 radical (unpaired) electrons. The fourth-order valence-corrected chi connectivity index (χ4v) is 0.658. The summed E-state index contributed by atoms with van der Waals surface area (Å²) in [5.41, 5.74) is 0. The highest BCUT2D eigenvalue weighted by Crippen LogP contribution is 2.09. The molecular weight excluding hydrogens is 128 g/mol. The lowest BCUT2D eigenvalue weighted by molar-refractivity contribution is 0.181. The van der Waals surface area contributed by atoms with Gasteiger partial charge in [0.05, 0.1) is 12.9 Å². The first-order valence-electron chi connectivity index (χ1n) is 3.48. The van der Waals surface area contributed by atoms with Crippen molar-refractivity contribution in [2.75, 3.05) is 6.61 Å². The zero-order chi connectivity index (χ0) is 7.23. The van der Waals surface area contributed by atoms with Gasteiger partial charge in [0.15, 0.2) is 0 Å². The average molecular weight is 139 g/mol. The smallest absolute Gasteiger partial charge is 0.210 e. The van der Waals surface area contributed by atoms with Crippen LogP contribution < -0.4 is 0 Å². The molecule has 0 spiro atoms. The molecule has 1 heterocycles. The highest BCUT2D eigenvalue weighted by molar-refractivity contribution is 4.97. The van der Waals surface area contributed by atoms with Gasteiger partial charge in [0.25, 0.3) is 0 Å². The summed E-state index contributed by atoms with van der Waals surface area (Å²) in [5.74, 6) is 0.796. The second-order valence-electron chi connectivity index (χ2n) is 2.07. The molecule has 1 rings (SSSR count). The van der Waals surface area contributed by atoms with Crippen molar-refractivity contribution in [2.24, 2.45) is 0 Å². The Bertz CT molecular complexity index is 147. The number of hydrogen-bond donors (Lipinski definition) is 0. The van der Waals surface area contributed by atoms with Crippen LogP contribution in [0.3, 0.4) is 0 Å². The highest BCUT2D eigenvalue weighted by Gasteiger charge is 1.99. The zero-order valence-electron chi connectivity index (χ0n) is 6.09. The molecule has 0 aromatic carbocycles. The van der Waals surface area contributed by atoms with Crippen molar-refractivity contribution >= 4 is 0 Å². The van der Waals surface area contributed by atoms with Crippen LogP contribution in [0.2, 0.25) is 0 Å². The van der Waals surface area contributed by atoms with Gasteiger partial charge in [-0.15, -0.1) is 0 Å². The number of hydrogen-bond acceptors (Lipinski definition) is 2. The Labute approximate surface area is 61.1 Å².